The van der Waals surface area contributed by atoms with Crippen LogP contribution in [0.4, 0.5) is 5.00 Å². The molecule has 2 aromatic rings. The van der Waals surface area contributed by atoms with Gasteiger partial charge in [-0.2, -0.15) is 0 Å². The first-order chi connectivity index (χ1) is 12.7. The number of ether oxygens (including phenoxy) is 1. The van der Waals surface area contributed by atoms with E-state index in [0.29, 0.717) is 45.8 Å². The quantitative estimate of drug-likeness (QED) is 0.730. The van der Waals surface area contributed by atoms with E-state index in [4.69, 9.17) is 4.74 Å². The van der Waals surface area contributed by atoms with E-state index in [1.165, 1.54) is 16.2 Å². The number of carbonyl (C=O) groups is 3. The van der Waals surface area contributed by atoms with Crippen molar-refractivity contribution in [3.63, 3.8) is 0 Å². The zero-order valence-electron chi connectivity index (χ0n) is 16.0. The second-order valence-electron chi connectivity index (χ2n) is 7.60. The third kappa shape index (κ3) is 3.95. The summed E-state index contributed by atoms with van der Waals surface area (Å²) in [5.41, 5.74) is 1.12. The number of hydrogen-bond acceptors (Lipinski definition) is 5. The van der Waals surface area contributed by atoms with Crippen LogP contribution in [0, 0.1) is 0 Å². The summed E-state index contributed by atoms with van der Waals surface area (Å²) in [5, 5.41) is 0.518. The van der Waals surface area contributed by atoms with E-state index < -0.39 is 11.6 Å². The number of esters is 1. The molecule has 0 fully saturated rings. The Morgan fingerprint density at radius 3 is 2.41 bits per heavy atom. The molecular weight excluding hydrogens is 362 g/mol. The van der Waals surface area contributed by atoms with Crippen molar-refractivity contribution < 1.29 is 19.1 Å². The Hall–Kier alpha value is -2.47. The second-order valence-corrected chi connectivity index (χ2v) is 8.60. The molecule has 1 aliphatic rings. The number of ketones is 1. The number of carbonyl (C=O) groups excluding carboxylic acids is 3. The number of fused-ring (bicyclic) bond motifs is 1. The van der Waals surface area contributed by atoms with Crippen LogP contribution >= 0.6 is 11.3 Å². The molecule has 27 heavy (non-hydrogen) atoms. The average Bonchev–Trinajstić information content (AvgIpc) is 3.01. The fourth-order valence-electron chi connectivity index (χ4n) is 3.12. The van der Waals surface area contributed by atoms with Gasteiger partial charge < -0.3 is 9.64 Å². The first-order valence-corrected chi connectivity index (χ1v) is 9.76. The normalized spacial score (nSPS) is 13.9. The van der Waals surface area contributed by atoms with Gasteiger partial charge in [0.15, 0.2) is 5.78 Å². The molecule has 5 nitrogen and oxygen atoms in total. The highest BCUT2D eigenvalue weighted by atomic mass is 32.1. The van der Waals surface area contributed by atoms with E-state index in [-0.39, 0.29) is 11.7 Å². The lowest BCUT2D eigenvalue weighted by Crippen LogP contribution is -2.27. The van der Waals surface area contributed by atoms with Gasteiger partial charge in [0, 0.05) is 19.0 Å². The van der Waals surface area contributed by atoms with E-state index >= 15 is 0 Å². The molecule has 0 N–H and O–H groups in total. The third-order valence-electron chi connectivity index (χ3n) is 4.31. The van der Waals surface area contributed by atoms with Crippen LogP contribution in [0.15, 0.2) is 30.3 Å². The Bertz CT molecular complexity index is 893. The molecule has 0 saturated carbocycles. The van der Waals surface area contributed by atoms with Crippen molar-refractivity contribution >= 4 is 34.0 Å². The number of Topliss-reactive ketones (excluding diaryl/α,β-unsaturated/α-hetero) is 1. The van der Waals surface area contributed by atoms with Gasteiger partial charge in [-0.3, -0.25) is 9.59 Å². The number of hydrogen-bond donors (Lipinski definition) is 0. The summed E-state index contributed by atoms with van der Waals surface area (Å²) in [6, 6.07) is 8.89. The van der Waals surface area contributed by atoms with Crippen molar-refractivity contribution in [2.45, 2.75) is 45.6 Å². The topological polar surface area (TPSA) is 63.7 Å². The minimum Gasteiger partial charge on any atom is -0.456 e. The molecule has 1 aromatic heterocycles. The molecule has 0 bridgehead atoms. The standard InChI is InChI=1S/C21H23NO4S/c1-21(2,3)26-20(25)17-14-11-8-12-15(23)16(14)19(27-17)22(4)18(24)13-9-6-5-7-10-13/h5-7,9-10H,8,11-12H2,1-4H3. The molecule has 1 aliphatic carbocycles. The summed E-state index contributed by atoms with van der Waals surface area (Å²) in [7, 11) is 1.64. The number of thiophene rings is 1. The van der Waals surface area contributed by atoms with Gasteiger partial charge in [-0.05, 0) is 51.3 Å². The number of nitrogens with zero attached hydrogens (tertiary/aromatic N) is 1. The number of anilines is 1. The van der Waals surface area contributed by atoms with Crippen molar-refractivity contribution in [3.05, 3.63) is 51.9 Å². The van der Waals surface area contributed by atoms with E-state index in [9.17, 15) is 14.4 Å². The number of rotatable bonds is 3. The van der Waals surface area contributed by atoms with Crippen molar-refractivity contribution in [1.82, 2.24) is 0 Å². The molecule has 0 atom stereocenters. The van der Waals surface area contributed by atoms with Crippen LogP contribution in [-0.2, 0) is 11.2 Å². The van der Waals surface area contributed by atoms with Crippen molar-refractivity contribution in [1.29, 1.82) is 0 Å². The van der Waals surface area contributed by atoms with Gasteiger partial charge in [-0.1, -0.05) is 18.2 Å². The maximum absolute atomic E-state index is 12.9. The summed E-state index contributed by atoms with van der Waals surface area (Å²) in [6.07, 6.45) is 1.77. The average molecular weight is 385 g/mol. The molecule has 1 heterocycles. The minimum absolute atomic E-state index is 0.0231. The SMILES string of the molecule is CN(C(=O)c1ccccc1)c1sc(C(=O)OC(C)(C)C)c2c1C(=O)CCC2. The van der Waals surface area contributed by atoms with Crippen LogP contribution in [0.3, 0.4) is 0 Å². The Kier molecular flexibility index (Phi) is 5.20. The zero-order chi connectivity index (χ0) is 19.8. The van der Waals surface area contributed by atoms with Gasteiger partial charge in [0.05, 0.1) is 5.56 Å². The van der Waals surface area contributed by atoms with Crippen LogP contribution in [0.25, 0.3) is 0 Å². The second kappa shape index (κ2) is 7.27. The fraction of sp³-hybridized carbons (Fsp3) is 0.381. The van der Waals surface area contributed by atoms with Gasteiger partial charge in [0.1, 0.15) is 15.5 Å². The highest BCUT2D eigenvalue weighted by Gasteiger charge is 2.34. The lowest BCUT2D eigenvalue weighted by Gasteiger charge is -2.20. The molecule has 0 radical (unpaired) electrons. The van der Waals surface area contributed by atoms with Crippen LogP contribution in [0.5, 0.6) is 0 Å². The molecule has 142 valence electrons. The smallest absolute Gasteiger partial charge is 0.349 e. The largest absolute Gasteiger partial charge is 0.456 e. The van der Waals surface area contributed by atoms with Crippen molar-refractivity contribution in [2.75, 3.05) is 11.9 Å². The molecular formula is C21H23NO4S. The lowest BCUT2D eigenvalue weighted by atomic mass is 9.91. The molecule has 6 heteroatoms. The van der Waals surface area contributed by atoms with Crippen LogP contribution in [0.2, 0.25) is 0 Å². The summed E-state index contributed by atoms with van der Waals surface area (Å²) in [4.78, 5) is 40.0. The Morgan fingerprint density at radius 1 is 1.11 bits per heavy atom. The van der Waals surface area contributed by atoms with Crippen LogP contribution < -0.4 is 4.90 Å². The number of amides is 1. The number of benzene rings is 1. The maximum atomic E-state index is 12.9. The first-order valence-electron chi connectivity index (χ1n) is 8.94. The summed E-state index contributed by atoms with van der Waals surface area (Å²) >= 11 is 1.17. The van der Waals surface area contributed by atoms with Crippen LogP contribution in [-0.4, -0.2) is 30.3 Å². The first kappa shape index (κ1) is 19.3. The Labute approximate surface area is 162 Å². The minimum atomic E-state index is -0.626. The third-order valence-corrected chi connectivity index (χ3v) is 5.60. The molecule has 0 unspecified atom stereocenters. The van der Waals surface area contributed by atoms with Crippen molar-refractivity contribution in [2.24, 2.45) is 0 Å². The molecule has 1 aromatic carbocycles. The Balaban J connectivity index is 2.04. The van der Waals surface area contributed by atoms with E-state index in [1.54, 1.807) is 31.3 Å². The van der Waals surface area contributed by atoms with Crippen molar-refractivity contribution in [3.8, 4) is 0 Å². The predicted octanol–water partition coefficient (Wildman–Crippen LogP) is 4.50. The highest BCUT2D eigenvalue weighted by molar-refractivity contribution is 7.18. The molecule has 1 amide bonds. The van der Waals surface area contributed by atoms with E-state index in [1.807, 2.05) is 26.8 Å². The molecule has 3 rings (SSSR count). The van der Waals surface area contributed by atoms with Crippen LogP contribution in [0.1, 0.15) is 69.6 Å². The zero-order valence-corrected chi connectivity index (χ0v) is 16.8. The van der Waals surface area contributed by atoms with Gasteiger partial charge in [0.25, 0.3) is 5.91 Å². The predicted molar refractivity (Wildman–Crippen MR) is 106 cm³/mol. The lowest BCUT2D eigenvalue weighted by molar-refractivity contribution is 0.00740. The summed E-state index contributed by atoms with van der Waals surface area (Å²) in [6.45, 7) is 5.42. The van der Waals surface area contributed by atoms with Gasteiger partial charge in [0.2, 0.25) is 0 Å². The van der Waals surface area contributed by atoms with Gasteiger partial charge in [-0.25, -0.2) is 4.79 Å². The molecule has 0 aliphatic heterocycles. The monoisotopic (exact) mass is 385 g/mol. The van der Waals surface area contributed by atoms with Gasteiger partial charge in [-0.15, -0.1) is 11.3 Å². The highest BCUT2D eigenvalue weighted by Crippen LogP contribution is 2.41. The summed E-state index contributed by atoms with van der Waals surface area (Å²) < 4.78 is 5.52. The Morgan fingerprint density at radius 2 is 1.78 bits per heavy atom. The fourth-order valence-corrected chi connectivity index (χ4v) is 4.33. The summed E-state index contributed by atoms with van der Waals surface area (Å²) in [5.74, 6) is -0.677. The molecule has 0 saturated heterocycles. The maximum Gasteiger partial charge on any atom is 0.349 e. The van der Waals surface area contributed by atoms with Gasteiger partial charge >= 0.3 is 5.97 Å². The van der Waals surface area contributed by atoms with E-state index in [0.717, 1.165) is 0 Å². The molecule has 0 spiro atoms. The van der Waals surface area contributed by atoms with E-state index in [2.05, 4.69) is 0 Å².